The van der Waals surface area contributed by atoms with Crippen LogP contribution >= 0.6 is 39.1 Å². The van der Waals surface area contributed by atoms with Crippen LogP contribution in [0.15, 0.2) is 40.9 Å². The van der Waals surface area contributed by atoms with E-state index in [2.05, 4.69) is 26.6 Å². The van der Waals surface area contributed by atoms with Crippen LogP contribution in [0.4, 0.5) is 11.4 Å². The topological polar surface area (TPSA) is 78.5 Å². The number of nitrogens with zero attached hydrogens (tertiary/aromatic N) is 1. The van der Waals surface area contributed by atoms with Crippen molar-refractivity contribution in [1.82, 2.24) is 5.32 Å². The highest BCUT2D eigenvalue weighted by Gasteiger charge is 2.37. The summed E-state index contributed by atoms with van der Waals surface area (Å²) in [5.74, 6) is -2.04. The van der Waals surface area contributed by atoms with Gasteiger partial charge in [0.05, 0.1) is 6.54 Å². The Balaban J connectivity index is 1.57. The van der Waals surface area contributed by atoms with Crippen molar-refractivity contribution in [3.05, 3.63) is 56.5 Å². The molecule has 3 amide bonds. The highest BCUT2D eigenvalue weighted by molar-refractivity contribution is 9.10. The Morgan fingerprint density at radius 2 is 1.86 bits per heavy atom. The van der Waals surface area contributed by atoms with Gasteiger partial charge in [0.25, 0.3) is 0 Å². The summed E-state index contributed by atoms with van der Waals surface area (Å²) in [7, 11) is 0. The molecule has 1 aliphatic rings. The number of hydrogen-bond donors (Lipinski definition) is 2. The Labute approximate surface area is 186 Å². The van der Waals surface area contributed by atoms with Crippen LogP contribution in [0.5, 0.6) is 0 Å². The first-order chi connectivity index (χ1) is 13.7. The standard InChI is InChI=1S/C20H18BrCl2N3O3/c1-11-6-12(21)2-3-17(11)25-18(27)10-24-19(28)16-4-5-26(20(16)29)15-8-13(22)7-14(23)9-15/h2-3,6-9,16H,4-5,10H2,1H3,(H,24,28)(H,25,27). The average molecular weight is 499 g/mol. The largest absolute Gasteiger partial charge is 0.346 e. The molecule has 1 unspecified atom stereocenters. The first kappa shape index (κ1) is 21.6. The van der Waals surface area contributed by atoms with Gasteiger partial charge in [0, 0.05) is 32.4 Å². The van der Waals surface area contributed by atoms with Gasteiger partial charge in [0.1, 0.15) is 5.92 Å². The lowest BCUT2D eigenvalue weighted by Gasteiger charge is -2.17. The quantitative estimate of drug-likeness (QED) is 0.607. The van der Waals surface area contributed by atoms with Gasteiger partial charge in [-0.3, -0.25) is 14.4 Å². The molecule has 1 saturated heterocycles. The molecule has 2 N–H and O–H groups in total. The summed E-state index contributed by atoms with van der Waals surface area (Å²) in [4.78, 5) is 38.7. The molecular formula is C20H18BrCl2N3O3. The zero-order valence-electron chi connectivity index (χ0n) is 15.5. The van der Waals surface area contributed by atoms with E-state index in [0.29, 0.717) is 34.4 Å². The number of nitrogens with one attached hydrogen (secondary N) is 2. The van der Waals surface area contributed by atoms with E-state index in [4.69, 9.17) is 23.2 Å². The fraction of sp³-hybridized carbons (Fsp3) is 0.250. The number of rotatable bonds is 5. The summed E-state index contributed by atoms with van der Waals surface area (Å²) < 4.78 is 0.909. The van der Waals surface area contributed by atoms with Gasteiger partial charge in [0.2, 0.25) is 17.7 Å². The van der Waals surface area contributed by atoms with Crippen LogP contribution in [-0.2, 0) is 14.4 Å². The molecule has 6 nitrogen and oxygen atoms in total. The fourth-order valence-corrected chi connectivity index (χ4v) is 4.12. The van der Waals surface area contributed by atoms with Gasteiger partial charge in [-0.1, -0.05) is 39.1 Å². The second-order valence-electron chi connectivity index (χ2n) is 6.68. The molecule has 0 aromatic heterocycles. The number of carbonyl (C=O) groups excluding carboxylic acids is 3. The van der Waals surface area contributed by atoms with Crippen LogP contribution in [0.2, 0.25) is 10.0 Å². The number of benzene rings is 2. The van der Waals surface area contributed by atoms with E-state index < -0.39 is 11.8 Å². The van der Waals surface area contributed by atoms with Crippen LogP contribution in [0.25, 0.3) is 0 Å². The minimum absolute atomic E-state index is 0.221. The maximum Gasteiger partial charge on any atom is 0.243 e. The Morgan fingerprint density at radius 1 is 1.17 bits per heavy atom. The molecule has 2 aromatic carbocycles. The molecule has 0 bridgehead atoms. The molecule has 1 aliphatic heterocycles. The Hall–Kier alpha value is -2.09. The molecule has 0 aliphatic carbocycles. The molecule has 3 rings (SSSR count). The number of hydrogen-bond acceptors (Lipinski definition) is 3. The number of carbonyl (C=O) groups is 3. The van der Waals surface area contributed by atoms with Gasteiger partial charge in [-0.25, -0.2) is 0 Å². The van der Waals surface area contributed by atoms with Crippen molar-refractivity contribution in [1.29, 1.82) is 0 Å². The van der Waals surface area contributed by atoms with Crippen molar-refractivity contribution in [3.8, 4) is 0 Å². The predicted octanol–water partition coefficient (Wildman–Crippen LogP) is 4.17. The van der Waals surface area contributed by atoms with Crippen molar-refractivity contribution < 1.29 is 14.4 Å². The van der Waals surface area contributed by atoms with E-state index in [9.17, 15) is 14.4 Å². The normalized spacial score (nSPS) is 16.1. The van der Waals surface area contributed by atoms with Crippen LogP contribution in [-0.4, -0.2) is 30.8 Å². The number of amides is 3. The van der Waals surface area contributed by atoms with E-state index in [1.807, 2.05) is 19.1 Å². The Kier molecular flexibility index (Phi) is 6.82. The first-order valence-electron chi connectivity index (χ1n) is 8.86. The minimum atomic E-state index is -0.852. The van der Waals surface area contributed by atoms with E-state index >= 15 is 0 Å². The molecular weight excluding hydrogens is 481 g/mol. The summed E-state index contributed by atoms with van der Waals surface area (Å²) in [5.41, 5.74) is 2.10. The zero-order valence-corrected chi connectivity index (χ0v) is 18.6. The second-order valence-corrected chi connectivity index (χ2v) is 8.47. The van der Waals surface area contributed by atoms with Crippen molar-refractivity contribution in [2.75, 3.05) is 23.3 Å². The molecule has 152 valence electrons. The van der Waals surface area contributed by atoms with Gasteiger partial charge in [-0.15, -0.1) is 0 Å². The Morgan fingerprint density at radius 3 is 2.52 bits per heavy atom. The van der Waals surface area contributed by atoms with Gasteiger partial charge < -0.3 is 15.5 Å². The molecule has 0 saturated carbocycles. The summed E-state index contributed by atoms with van der Waals surface area (Å²) in [6.45, 7) is 2.02. The second kappa shape index (κ2) is 9.15. The van der Waals surface area contributed by atoms with Gasteiger partial charge in [0.15, 0.2) is 0 Å². The lowest BCUT2D eigenvalue weighted by atomic mass is 10.1. The summed E-state index contributed by atoms with van der Waals surface area (Å²) in [5, 5.41) is 6.10. The number of halogens is 3. The van der Waals surface area contributed by atoms with Crippen LogP contribution in [0.1, 0.15) is 12.0 Å². The summed E-state index contributed by atoms with van der Waals surface area (Å²) in [6, 6.07) is 10.3. The number of anilines is 2. The van der Waals surface area contributed by atoms with E-state index in [-0.39, 0.29) is 18.4 Å². The third-order valence-electron chi connectivity index (χ3n) is 4.57. The molecule has 1 atom stereocenters. The van der Waals surface area contributed by atoms with Crippen molar-refractivity contribution in [2.24, 2.45) is 5.92 Å². The van der Waals surface area contributed by atoms with Gasteiger partial charge >= 0.3 is 0 Å². The lowest BCUT2D eigenvalue weighted by molar-refractivity contribution is -0.133. The van der Waals surface area contributed by atoms with Crippen molar-refractivity contribution in [3.63, 3.8) is 0 Å². The lowest BCUT2D eigenvalue weighted by Crippen LogP contribution is -2.40. The molecule has 9 heteroatoms. The first-order valence-corrected chi connectivity index (χ1v) is 10.4. The van der Waals surface area contributed by atoms with Gasteiger partial charge in [-0.2, -0.15) is 0 Å². The van der Waals surface area contributed by atoms with Crippen molar-refractivity contribution >= 4 is 68.2 Å². The van der Waals surface area contributed by atoms with Crippen molar-refractivity contribution in [2.45, 2.75) is 13.3 Å². The molecule has 29 heavy (non-hydrogen) atoms. The molecule has 0 spiro atoms. The molecule has 1 heterocycles. The molecule has 1 fully saturated rings. The third kappa shape index (κ3) is 5.29. The average Bonchev–Trinajstić information content (AvgIpc) is 3.03. The predicted molar refractivity (Wildman–Crippen MR) is 117 cm³/mol. The Bertz CT molecular complexity index is 963. The zero-order chi connectivity index (χ0) is 21.1. The highest BCUT2D eigenvalue weighted by Crippen LogP contribution is 2.30. The minimum Gasteiger partial charge on any atom is -0.346 e. The highest BCUT2D eigenvalue weighted by atomic mass is 79.9. The summed E-state index contributed by atoms with van der Waals surface area (Å²) >= 11 is 15.4. The van der Waals surface area contributed by atoms with Crippen LogP contribution in [0.3, 0.4) is 0 Å². The third-order valence-corrected chi connectivity index (χ3v) is 5.50. The smallest absolute Gasteiger partial charge is 0.243 e. The van der Waals surface area contributed by atoms with Gasteiger partial charge in [-0.05, 0) is 55.3 Å². The molecule has 0 radical (unpaired) electrons. The number of aryl methyl sites for hydroxylation is 1. The van der Waals surface area contributed by atoms with E-state index in [0.717, 1.165) is 10.0 Å². The van der Waals surface area contributed by atoms with Crippen LogP contribution < -0.4 is 15.5 Å². The van der Waals surface area contributed by atoms with Crippen LogP contribution in [0, 0.1) is 12.8 Å². The SMILES string of the molecule is Cc1cc(Br)ccc1NC(=O)CNC(=O)C1CCN(c2cc(Cl)cc(Cl)c2)C1=O. The maximum atomic E-state index is 12.7. The monoisotopic (exact) mass is 497 g/mol. The summed E-state index contributed by atoms with van der Waals surface area (Å²) in [6.07, 6.45) is 0.349. The fourth-order valence-electron chi connectivity index (χ4n) is 3.13. The van der Waals surface area contributed by atoms with E-state index in [1.54, 1.807) is 24.3 Å². The molecule has 2 aromatic rings. The maximum absolute atomic E-state index is 12.7. The van der Waals surface area contributed by atoms with E-state index in [1.165, 1.54) is 4.90 Å².